The summed E-state index contributed by atoms with van der Waals surface area (Å²) >= 11 is 7.66. The van der Waals surface area contributed by atoms with Crippen molar-refractivity contribution in [2.75, 3.05) is 0 Å². The molecule has 0 N–H and O–H groups in total. The number of benzene rings is 1. The lowest BCUT2D eigenvalue weighted by atomic mass is 10.2. The Balaban J connectivity index is 2.20. The molecule has 1 amide bonds. The van der Waals surface area contributed by atoms with Crippen molar-refractivity contribution in [1.82, 2.24) is 14.3 Å². The second-order valence-corrected chi connectivity index (χ2v) is 6.62. The summed E-state index contributed by atoms with van der Waals surface area (Å²) in [4.78, 5) is 17.2. The number of fused-ring (bicyclic) bond motifs is 1. The van der Waals surface area contributed by atoms with E-state index >= 15 is 0 Å². The van der Waals surface area contributed by atoms with E-state index in [-0.39, 0.29) is 5.91 Å². The van der Waals surface area contributed by atoms with Crippen molar-refractivity contribution in [3.05, 3.63) is 45.0 Å². The number of rotatable bonds is 1. The zero-order chi connectivity index (χ0) is 16.0. The van der Waals surface area contributed by atoms with Gasteiger partial charge in [0.15, 0.2) is 10.5 Å². The number of aromatic nitrogens is 3. The van der Waals surface area contributed by atoms with E-state index in [0.717, 1.165) is 21.3 Å². The van der Waals surface area contributed by atoms with Gasteiger partial charge in [-0.3, -0.25) is 9.48 Å². The second-order valence-electron chi connectivity index (χ2n) is 5.24. The number of hydrogen-bond acceptors (Lipinski definition) is 3. The van der Waals surface area contributed by atoms with Gasteiger partial charge in [-0.05, 0) is 25.5 Å². The topological polar surface area (TPSA) is 52.2 Å². The summed E-state index contributed by atoms with van der Waals surface area (Å²) in [6, 6.07) is 3.83. The van der Waals surface area contributed by atoms with E-state index in [9.17, 15) is 4.79 Å². The van der Waals surface area contributed by atoms with Crippen molar-refractivity contribution < 1.29 is 4.79 Å². The van der Waals surface area contributed by atoms with Crippen molar-refractivity contribution in [2.45, 2.75) is 13.8 Å². The van der Waals surface area contributed by atoms with Crippen LogP contribution in [0.3, 0.4) is 0 Å². The van der Waals surface area contributed by atoms with Gasteiger partial charge in [-0.15, -0.1) is 0 Å². The molecule has 0 saturated heterocycles. The molecule has 2 aromatic heterocycles. The van der Waals surface area contributed by atoms with Gasteiger partial charge in [-0.1, -0.05) is 29.0 Å². The van der Waals surface area contributed by atoms with Gasteiger partial charge in [-0.2, -0.15) is 10.1 Å². The fourth-order valence-electron chi connectivity index (χ4n) is 2.47. The van der Waals surface area contributed by atoms with E-state index in [4.69, 9.17) is 11.6 Å². The lowest BCUT2D eigenvalue weighted by Crippen LogP contribution is -2.14. The maximum atomic E-state index is 12.4. The van der Waals surface area contributed by atoms with Gasteiger partial charge < -0.3 is 4.57 Å². The van der Waals surface area contributed by atoms with Crippen molar-refractivity contribution in [2.24, 2.45) is 19.1 Å². The first kappa shape index (κ1) is 15.0. The molecule has 5 nitrogen and oxygen atoms in total. The predicted octanol–water partition coefficient (Wildman–Crippen LogP) is 2.98. The SMILES string of the molecule is Cc1cn(C)nc1C(=O)N=c1sc2c(Cl)ccc(C)c2n1C. The molecule has 0 atom stereocenters. The molecule has 2 heterocycles. The molecule has 0 saturated carbocycles. The average Bonchev–Trinajstić information content (AvgIpc) is 2.96. The van der Waals surface area contributed by atoms with Crippen molar-refractivity contribution >= 4 is 39.1 Å². The molecule has 0 aliphatic rings. The van der Waals surface area contributed by atoms with E-state index in [0.29, 0.717) is 15.5 Å². The van der Waals surface area contributed by atoms with Crippen LogP contribution < -0.4 is 4.80 Å². The van der Waals surface area contributed by atoms with Crippen LogP contribution >= 0.6 is 22.9 Å². The molecule has 0 aliphatic heterocycles. The fourth-order valence-corrected chi connectivity index (χ4v) is 3.84. The van der Waals surface area contributed by atoms with E-state index in [1.165, 1.54) is 11.3 Å². The number of hydrogen-bond donors (Lipinski definition) is 0. The van der Waals surface area contributed by atoms with Crippen LogP contribution in [0.1, 0.15) is 21.6 Å². The van der Waals surface area contributed by atoms with Gasteiger partial charge >= 0.3 is 0 Å². The highest BCUT2D eigenvalue weighted by molar-refractivity contribution is 7.17. The van der Waals surface area contributed by atoms with Crippen molar-refractivity contribution in [3.8, 4) is 0 Å². The molecule has 3 rings (SSSR count). The molecule has 1 aromatic carbocycles. The first-order chi connectivity index (χ1) is 10.4. The number of nitrogens with zero attached hydrogens (tertiary/aromatic N) is 4. The Bertz CT molecular complexity index is 964. The van der Waals surface area contributed by atoms with Gasteiger partial charge in [0.1, 0.15) is 0 Å². The molecule has 3 aromatic rings. The Morgan fingerprint density at radius 3 is 2.59 bits per heavy atom. The Morgan fingerprint density at radius 2 is 2.00 bits per heavy atom. The Hall–Kier alpha value is -1.92. The molecule has 22 heavy (non-hydrogen) atoms. The minimum absolute atomic E-state index is 0.339. The van der Waals surface area contributed by atoms with Crippen molar-refractivity contribution in [3.63, 3.8) is 0 Å². The molecule has 0 spiro atoms. The highest BCUT2D eigenvalue weighted by Gasteiger charge is 2.14. The standard InChI is InChI=1S/C15H15ClN4OS/c1-8-5-6-10(16)13-12(8)20(4)15(22-13)17-14(21)11-9(2)7-19(3)18-11/h5-7H,1-4H3. The third-order valence-electron chi connectivity index (χ3n) is 3.51. The van der Waals surface area contributed by atoms with Crippen LogP contribution in [0.5, 0.6) is 0 Å². The number of thiazole rings is 1. The quantitative estimate of drug-likeness (QED) is 0.687. The molecule has 7 heteroatoms. The second kappa shape index (κ2) is 5.37. The molecular weight excluding hydrogens is 320 g/mol. The lowest BCUT2D eigenvalue weighted by Gasteiger charge is -2.00. The summed E-state index contributed by atoms with van der Waals surface area (Å²) < 4.78 is 4.45. The molecule has 0 aliphatic carbocycles. The minimum Gasteiger partial charge on any atom is -0.319 e. The highest BCUT2D eigenvalue weighted by atomic mass is 35.5. The van der Waals surface area contributed by atoms with E-state index < -0.39 is 0 Å². The van der Waals surface area contributed by atoms with Gasteiger partial charge in [0.05, 0.1) is 15.2 Å². The van der Waals surface area contributed by atoms with Gasteiger partial charge in [-0.25, -0.2) is 0 Å². The summed E-state index contributed by atoms with van der Waals surface area (Å²) in [5, 5.41) is 4.84. The number of halogens is 1. The Kier molecular flexibility index (Phi) is 3.66. The number of carbonyl (C=O) groups is 1. The Labute approximate surface area is 136 Å². The van der Waals surface area contributed by atoms with Crippen LogP contribution in [0.15, 0.2) is 23.3 Å². The largest absolute Gasteiger partial charge is 0.319 e. The molecular formula is C15H15ClN4OS. The molecule has 114 valence electrons. The predicted molar refractivity (Wildman–Crippen MR) is 88.4 cm³/mol. The van der Waals surface area contributed by atoms with Gasteiger partial charge in [0.2, 0.25) is 0 Å². The van der Waals surface area contributed by atoms with Gasteiger partial charge in [0, 0.05) is 25.9 Å². The first-order valence-corrected chi connectivity index (χ1v) is 7.92. The monoisotopic (exact) mass is 334 g/mol. The van der Waals surface area contributed by atoms with E-state index in [1.54, 1.807) is 17.9 Å². The van der Waals surface area contributed by atoms with Crippen LogP contribution in [-0.4, -0.2) is 20.3 Å². The maximum absolute atomic E-state index is 12.4. The van der Waals surface area contributed by atoms with Crippen LogP contribution in [0, 0.1) is 13.8 Å². The van der Waals surface area contributed by atoms with E-state index in [2.05, 4.69) is 10.1 Å². The molecule has 0 unspecified atom stereocenters. The normalized spacial score (nSPS) is 12.3. The average molecular weight is 335 g/mol. The summed E-state index contributed by atoms with van der Waals surface area (Å²) in [5.41, 5.74) is 3.29. The number of amides is 1. The third-order valence-corrected chi connectivity index (χ3v) is 5.10. The van der Waals surface area contributed by atoms with E-state index in [1.807, 2.05) is 37.6 Å². The maximum Gasteiger partial charge on any atom is 0.300 e. The summed E-state index contributed by atoms with van der Waals surface area (Å²) in [6.07, 6.45) is 1.80. The Morgan fingerprint density at radius 1 is 1.27 bits per heavy atom. The summed E-state index contributed by atoms with van der Waals surface area (Å²) in [6.45, 7) is 3.86. The number of carbonyl (C=O) groups excluding carboxylic acids is 1. The molecule has 0 bridgehead atoms. The van der Waals surface area contributed by atoms with Crippen molar-refractivity contribution in [1.29, 1.82) is 0 Å². The van der Waals surface area contributed by atoms with Gasteiger partial charge in [0.25, 0.3) is 5.91 Å². The summed E-state index contributed by atoms with van der Waals surface area (Å²) in [7, 11) is 3.67. The van der Waals surface area contributed by atoms with Crippen LogP contribution in [0.25, 0.3) is 10.2 Å². The molecule has 0 fully saturated rings. The number of aryl methyl sites for hydroxylation is 4. The van der Waals surface area contributed by atoms with Crippen LogP contribution in [0.2, 0.25) is 5.02 Å². The zero-order valence-corrected chi connectivity index (χ0v) is 14.3. The highest BCUT2D eigenvalue weighted by Crippen LogP contribution is 2.28. The zero-order valence-electron chi connectivity index (χ0n) is 12.7. The molecule has 0 radical (unpaired) electrons. The van der Waals surface area contributed by atoms with Crippen LogP contribution in [0.4, 0.5) is 0 Å². The third kappa shape index (κ3) is 2.38. The first-order valence-electron chi connectivity index (χ1n) is 6.72. The lowest BCUT2D eigenvalue weighted by molar-refractivity contribution is 0.0992. The van der Waals surface area contributed by atoms with Crippen LogP contribution in [-0.2, 0) is 14.1 Å². The fraction of sp³-hybridized carbons (Fsp3) is 0.267. The minimum atomic E-state index is -0.339. The smallest absolute Gasteiger partial charge is 0.300 e. The summed E-state index contributed by atoms with van der Waals surface area (Å²) in [5.74, 6) is -0.339.